The third-order valence-corrected chi connectivity index (χ3v) is 7.16. The Morgan fingerprint density at radius 3 is 2.67 bits per heavy atom. The molecule has 4 rings (SSSR count). The molecule has 1 aliphatic carbocycles. The molecule has 1 amide bonds. The number of carbonyl (C=O) groups is 1. The Morgan fingerprint density at radius 2 is 1.90 bits per heavy atom. The first-order valence-electron chi connectivity index (χ1n) is 9.56. The molecule has 2 N–H and O–H groups in total. The van der Waals surface area contributed by atoms with E-state index < -0.39 is 10.0 Å². The molecule has 0 bridgehead atoms. The molecule has 0 unspecified atom stereocenters. The van der Waals surface area contributed by atoms with E-state index in [2.05, 4.69) is 39.8 Å². The zero-order chi connectivity index (χ0) is 21.1. The summed E-state index contributed by atoms with van der Waals surface area (Å²) in [4.78, 5) is 17.1. The van der Waals surface area contributed by atoms with Crippen molar-refractivity contribution < 1.29 is 13.2 Å². The zero-order valence-corrected chi connectivity index (χ0v) is 17.9. The van der Waals surface area contributed by atoms with Gasteiger partial charge >= 0.3 is 0 Å². The van der Waals surface area contributed by atoms with Crippen molar-refractivity contribution in [3.8, 4) is 11.3 Å². The van der Waals surface area contributed by atoms with E-state index in [0.717, 1.165) is 24.1 Å². The highest BCUT2D eigenvalue weighted by Gasteiger charge is 2.16. The Hall–Kier alpha value is -2.81. The van der Waals surface area contributed by atoms with Gasteiger partial charge in [-0.25, -0.2) is 18.1 Å². The van der Waals surface area contributed by atoms with E-state index in [9.17, 15) is 13.2 Å². The molecule has 154 valence electrons. The van der Waals surface area contributed by atoms with Crippen LogP contribution in [0.15, 0.2) is 65.4 Å². The minimum atomic E-state index is -3.62. The molecule has 8 heteroatoms. The van der Waals surface area contributed by atoms with Gasteiger partial charge < -0.3 is 0 Å². The molecule has 0 saturated heterocycles. The summed E-state index contributed by atoms with van der Waals surface area (Å²) in [5.74, 6) is -0.340. The fourth-order valence-corrected chi connectivity index (χ4v) is 5.11. The van der Waals surface area contributed by atoms with Crippen molar-refractivity contribution in [3.05, 3.63) is 77.2 Å². The van der Waals surface area contributed by atoms with Gasteiger partial charge in [-0.1, -0.05) is 18.2 Å². The quantitative estimate of drug-likeness (QED) is 0.545. The Morgan fingerprint density at radius 1 is 1.13 bits per heavy atom. The maximum atomic E-state index is 12.5. The van der Waals surface area contributed by atoms with Crippen LogP contribution in [0.25, 0.3) is 11.3 Å². The van der Waals surface area contributed by atoms with Crippen LogP contribution < -0.4 is 10.0 Å². The second-order valence-electron chi connectivity index (χ2n) is 6.99. The van der Waals surface area contributed by atoms with E-state index in [0.29, 0.717) is 10.7 Å². The lowest BCUT2D eigenvalue weighted by molar-refractivity contribution is 0.102. The van der Waals surface area contributed by atoms with Crippen molar-refractivity contribution in [3.63, 3.8) is 0 Å². The highest BCUT2D eigenvalue weighted by Crippen LogP contribution is 2.30. The molecule has 0 aliphatic heterocycles. The number of fused-ring (bicyclic) bond motifs is 1. The standard InChI is InChI=1S/C22H21N3O3S2/c1-2-12-23-30(27,28)19-10-8-16(9-11-19)21(26)25-22-24-20(14-29-22)18-7-6-15-4-3-5-17(15)13-18/h2,6-11,13-14,23H,1,3-5,12H2,(H,24,25,26). The molecule has 2 aromatic carbocycles. The van der Waals surface area contributed by atoms with Crippen LogP contribution >= 0.6 is 11.3 Å². The second-order valence-corrected chi connectivity index (χ2v) is 9.62. The number of nitrogens with one attached hydrogen (secondary N) is 2. The molecular formula is C22H21N3O3S2. The van der Waals surface area contributed by atoms with Gasteiger partial charge in [0.2, 0.25) is 10.0 Å². The van der Waals surface area contributed by atoms with Crippen LogP contribution in [-0.4, -0.2) is 25.9 Å². The van der Waals surface area contributed by atoms with Gasteiger partial charge in [-0.2, -0.15) is 0 Å². The fraction of sp³-hybridized carbons (Fsp3) is 0.182. The van der Waals surface area contributed by atoms with Crippen LogP contribution in [-0.2, 0) is 22.9 Å². The number of anilines is 1. The normalized spacial score (nSPS) is 13.1. The molecule has 3 aromatic rings. The monoisotopic (exact) mass is 439 g/mol. The summed E-state index contributed by atoms with van der Waals surface area (Å²) in [5.41, 5.74) is 5.03. The smallest absolute Gasteiger partial charge is 0.257 e. The van der Waals surface area contributed by atoms with Crippen LogP contribution in [0.1, 0.15) is 27.9 Å². The van der Waals surface area contributed by atoms with Crippen molar-refractivity contribution in [1.29, 1.82) is 0 Å². The molecule has 30 heavy (non-hydrogen) atoms. The minimum absolute atomic E-state index is 0.0917. The molecule has 1 aliphatic rings. The average Bonchev–Trinajstić information content (AvgIpc) is 3.41. The fourth-order valence-electron chi connectivity index (χ4n) is 3.40. The van der Waals surface area contributed by atoms with E-state index in [1.165, 1.54) is 59.2 Å². The molecular weight excluding hydrogens is 418 g/mol. The number of carbonyl (C=O) groups excluding carboxylic acids is 1. The Balaban J connectivity index is 1.45. The zero-order valence-electron chi connectivity index (χ0n) is 16.2. The minimum Gasteiger partial charge on any atom is -0.298 e. The van der Waals surface area contributed by atoms with Crippen molar-refractivity contribution in [2.24, 2.45) is 0 Å². The third kappa shape index (κ3) is 4.35. The number of amides is 1. The van der Waals surface area contributed by atoms with Crippen LogP contribution in [0, 0.1) is 0 Å². The number of sulfonamides is 1. The lowest BCUT2D eigenvalue weighted by atomic mass is 10.1. The lowest BCUT2D eigenvalue weighted by Crippen LogP contribution is -2.23. The number of hydrogen-bond acceptors (Lipinski definition) is 5. The van der Waals surface area contributed by atoms with E-state index in [4.69, 9.17) is 0 Å². The molecule has 0 radical (unpaired) electrons. The van der Waals surface area contributed by atoms with Gasteiger partial charge in [0.1, 0.15) is 0 Å². The van der Waals surface area contributed by atoms with Gasteiger partial charge in [0, 0.05) is 23.1 Å². The Labute approximate surface area is 179 Å². The number of benzene rings is 2. The summed E-state index contributed by atoms with van der Waals surface area (Å²) in [6.45, 7) is 3.63. The summed E-state index contributed by atoms with van der Waals surface area (Å²) in [6.07, 6.45) is 4.90. The largest absolute Gasteiger partial charge is 0.298 e. The second kappa shape index (κ2) is 8.51. The highest BCUT2D eigenvalue weighted by molar-refractivity contribution is 7.89. The molecule has 1 aromatic heterocycles. The van der Waals surface area contributed by atoms with Gasteiger partial charge in [-0.15, -0.1) is 17.9 Å². The summed E-state index contributed by atoms with van der Waals surface area (Å²) in [5, 5.41) is 5.21. The summed E-state index contributed by atoms with van der Waals surface area (Å²) >= 11 is 1.36. The van der Waals surface area contributed by atoms with Gasteiger partial charge in [0.05, 0.1) is 10.6 Å². The summed E-state index contributed by atoms with van der Waals surface area (Å²) in [6, 6.07) is 12.2. The first kappa shape index (κ1) is 20.5. The predicted molar refractivity (Wildman–Crippen MR) is 119 cm³/mol. The SMILES string of the molecule is C=CCNS(=O)(=O)c1ccc(C(=O)Nc2nc(-c3ccc4c(c3)CCC4)cs2)cc1. The lowest BCUT2D eigenvalue weighted by Gasteiger charge is -2.06. The Kier molecular flexibility index (Phi) is 5.80. The first-order chi connectivity index (χ1) is 14.5. The number of rotatable bonds is 7. The number of aryl methyl sites for hydroxylation is 2. The van der Waals surface area contributed by atoms with Gasteiger partial charge in [0.15, 0.2) is 5.13 Å². The average molecular weight is 440 g/mol. The number of nitrogens with zero attached hydrogens (tertiary/aromatic N) is 1. The molecule has 0 atom stereocenters. The first-order valence-corrected chi connectivity index (χ1v) is 11.9. The molecule has 6 nitrogen and oxygen atoms in total. The summed E-state index contributed by atoms with van der Waals surface area (Å²) < 4.78 is 26.6. The van der Waals surface area contributed by atoms with E-state index in [1.807, 2.05) is 5.38 Å². The van der Waals surface area contributed by atoms with Crippen LogP contribution in [0.2, 0.25) is 0 Å². The van der Waals surface area contributed by atoms with Gasteiger partial charge in [0.25, 0.3) is 5.91 Å². The molecule has 0 saturated carbocycles. The van der Waals surface area contributed by atoms with Crippen molar-refractivity contribution in [2.45, 2.75) is 24.2 Å². The number of thiazole rings is 1. The van der Waals surface area contributed by atoms with Crippen molar-refractivity contribution in [2.75, 3.05) is 11.9 Å². The Bertz CT molecular complexity index is 1200. The maximum absolute atomic E-state index is 12.5. The van der Waals surface area contributed by atoms with E-state index in [1.54, 1.807) is 0 Å². The third-order valence-electron chi connectivity index (χ3n) is 4.96. The topological polar surface area (TPSA) is 88.2 Å². The van der Waals surface area contributed by atoms with Crippen molar-refractivity contribution in [1.82, 2.24) is 9.71 Å². The molecule has 0 spiro atoms. The molecule has 1 heterocycles. The van der Waals surface area contributed by atoms with Gasteiger partial charge in [-0.3, -0.25) is 10.1 Å². The van der Waals surface area contributed by atoms with Gasteiger partial charge in [-0.05, 0) is 60.7 Å². The number of aromatic nitrogens is 1. The summed E-state index contributed by atoms with van der Waals surface area (Å²) in [7, 11) is -3.62. The highest BCUT2D eigenvalue weighted by atomic mass is 32.2. The maximum Gasteiger partial charge on any atom is 0.257 e. The van der Waals surface area contributed by atoms with Crippen LogP contribution in [0.4, 0.5) is 5.13 Å². The number of hydrogen-bond donors (Lipinski definition) is 2. The van der Waals surface area contributed by atoms with E-state index >= 15 is 0 Å². The van der Waals surface area contributed by atoms with E-state index in [-0.39, 0.29) is 17.3 Å². The van der Waals surface area contributed by atoms with Crippen LogP contribution in [0.3, 0.4) is 0 Å². The van der Waals surface area contributed by atoms with Crippen molar-refractivity contribution >= 4 is 32.4 Å². The molecule has 0 fully saturated rings. The predicted octanol–water partition coefficient (Wildman–Crippen LogP) is 4.02. The van der Waals surface area contributed by atoms with Crippen LogP contribution in [0.5, 0.6) is 0 Å².